The van der Waals surface area contributed by atoms with Gasteiger partial charge in [-0.25, -0.2) is 0 Å². The maximum atomic E-state index is 11.8. The van der Waals surface area contributed by atoms with Crippen LogP contribution in [0.1, 0.15) is 12.5 Å². The SMILES string of the molecule is COCCNC(=O)C(C)Oc1c(Cl)cccc1CN. The zero-order valence-electron chi connectivity index (χ0n) is 11.1. The summed E-state index contributed by atoms with van der Waals surface area (Å²) in [4.78, 5) is 11.8. The van der Waals surface area contributed by atoms with Crippen molar-refractivity contribution in [3.05, 3.63) is 28.8 Å². The smallest absolute Gasteiger partial charge is 0.260 e. The van der Waals surface area contributed by atoms with Crippen LogP contribution in [0.15, 0.2) is 18.2 Å². The molecule has 5 nitrogen and oxygen atoms in total. The molecule has 3 N–H and O–H groups in total. The van der Waals surface area contributed by atoms with Gasteiger partial charge in [0.2, 0.25) is 0 Å². The van der Waals surface area contributed by atoms with Crippen LogP contribution in [0.5, 0.6) is 5.75 Å². The topological polar surface area (TPSA) is 73.6 Å². The Balaban J connectivity index is 2.66. The fourth-order valence-corrected chi connectivity index (χ4v) is 1.74. The molecule has 6 heteroatoms. The number of para-hydroxylation sites is 1. The molecule has 0 aliphatic heterocycles. The van der Waals surface area contributed by atoms with Gasteiger partial charge in [-0.2, -0.15) is 0 Å². The molecule has 1 unspecified atom stereocenters. The van der Waals surface area contributed by atoms with Gasteiger partial charge in [0.05, 0.1) is 11.6 Å². The van der Waals surface area contributed by atoms with E-state index in [0.29, 0.717) is 30.5 Å². The molecule has 106 valence electrons. The molecule has 0 bridgehead atoms. The number of amides is 1. The Kier molecular flexibility index (Phi) is 6.62. The van der Waals surface area contributed by atoms with E-state index in [0.717, 1.165) is 5.56 Å². The van der Waals surface area contributed by atoms with E-state index in [1.54, 1.807) is 26.2 Å². The first-order chi connectivity index (χ1) is 9.10. The third kappa shape index (κ3) is 4.70. The van der Waals surface area contributed by atoms with E-state index in [-0.39, 0.29) is 5.91 Å². The molecule has 0 radical (unpaired) electrons. The molecule has 0 fully saturated rings. The molecule has 1 atom stereocenters. The van der Waals surface area contributed by atoms with E-state index < -0.39 is 6.10 Å². The Labute approximate surface area is 118 Å². The van der Waals surface area contributed by atoms with Crippen LogP contribution in [-0.2, 0) is 16.1 Å². The minimum atomic E-state index is -0.651. The lowest BCUT2D eigenvalue weighted by Gasteiger charge is -2.17. The van der Waals surface area contributed by atoms with Gasteiger partial charge in [-0.05, 0) is 13.0 Å². The molecule has 1 aromatic rings. The lowest BCUT2D eigenvalue weighted by atomic mass is 10.2. The van der Waals surface area contributed by atoms with Crippen LogP contribution in [0.2, 0.25) is 5.02 Å². The van der Waals surface area contributed by atoms with Crippen molar-refractivity contribution >= 4 is 17.5 Å². The maximum absolute atomic E-state index is 11.8. The van der Waals surface area contributed by atoms with Crippen molar-refractivity contribution in [1.82, 2.24) is 5.32 Å². The van der Waals surface area contributed by atoms with E-state index in [2.05, 4.69) is 5.32 Å². The molecular formula is C13H19ClN2O3. The molecule has 1 rings (SSSR count). The fraction of sp³-hybridized carbons (Fsp3) is 0.462. The Hall–Kier alpha value is -1.30. The van der Waals surface area contributed by atoms with Crippen LogP contribution < -0.4 is 15.8 Å². The van der Waals surface area contributed by atoms with Crippen LogP contribution >= 0.6 is 11.6 Å². The molecule has 19 heavy (non-hydrogen) atoms. The van der Waals surface area contributed by atoms with Crippen LogP contribution in [0.4, 0.5) is 0 Å². The number of rotatable bonds is 7. The summed E-state index contributed by atoms with van der Waals surface area (Å²) in [7, 11) is 1.57. The summed E-state index contributed by atoms with van der Waals surface area (Å²) in [5.41, 5.74) is 6.38. The molecule has 0 saturated carbocycles. The van der Waals surface area contributed by atoms with Gasteiger partial charge in [-0.3, -0.25) is 4.79 Å². The minimum absolute atomic E-state index is 0.222. The van der Waals surface area contributed by atoms with Crippen molar-refractivity contribution in [2.75, 3.05) is 20.3 Å². The van der Waals surface area contributed by atoms with E-state index in [1.807, 2.05) is 6.07 Å². The van der Waals surface area contributed by atoms with E-state index in [9.17, 15) is 4.79 Å². The van der Waals surface area contributed by atoms with Gasteiger partial charge >= 0.3 is 0 Å². The Morgan fingerprint density at radius 1 is 1.53 bits per heavy atom. The van der Waals surface area contributed by atoms with E-state index >= 15 is 0 Å². The third-order valence-corrected chi connectivity index (χ3v) is 2.84. The van der Waals surface area contributed by atoms with Crippen molar-refractivity contribution in [1.29, 1.82) is 0 Å². The second kappa shape index (κ2) is 7.99. The highest BCUT2D eigenvalue weighted by molar-refractivity contribution is 6.32. The number of hydrogen-bond acceptors (Lipinski definition) is 4. The van der Waals surface area contributed by atoms with Gasteiger partial charge in [0.25, 0.3) is 5.91 Å². The van der Waals surface area contributed by atoms with Gasteiger partial charge in [0, 0.05) is 25.8 Å². The molecular weight excluding hydrogens is 268 g/mol. The fourth-order valence-electron chi connectivity index (χ4n) is 1.50. The summed E-state index contributed by atoms with van der Waals surface area (Å²) in [5, 5.41) is 3.14. The summed E-state index contributed by atoms with van der Waals surface area (Å²) in [6.07, 6.45) is -0.651. The first kappa shape index (κ1) is 15.8. The van der Waals surface area contributed by atoms with E-state index in [4.69, 9.17) is 26.8 Å². The Bertz CT molecular complexity index is 426. The van der Waals surface area contributed by atoms with Gasteiger partial charge < -0.3 is 20.5 Å². The molecule has 0 aliphatic carbocycles. The number of ether oxygens (including phenoxy) is 2. The first-order valence-corrected chi connectivity index (χ1v) is 6.38. The highest BCUT2D eigenvalue weighted by Gasteiger charge is 2.17. The number of halogens is 1. The zero-order chi connectivity index (χ0) is 14.3. The lowest BCUT2D eigenvalue weighted by molar-refractivity contribution is -0.127. The number of carbonyl (C=O) groups is 1. The molecule has 1 amide bonds. The van der Waals surface area contributed by atoms with Crippen LogP contribution in [-0.4, -0.2) is 32.3 Å². The van der Waals surface area contributed by atoms with Crippen molar-refractivity contribution in [3.63, 3.8) is 0 Å². The monoisotopic (exact) mass is 286 g/mol. The van der Waals surface area contributed by atoms with Crippen molar-refractivity contribution in [2.24, 2.45) is 5.73 Å². The highest BCUT2D eigenvalue weighted by atomic mass is 35.5. The Morgan fingerprint density at radius 2 is 2.26 bits per heavy atom. The predicted octanol–water partition coefficient (Wildman–Crippen LogP) is 1.33. The normalized spacial score (nSPS) is 12.0. The van der Waals surface area contributed by atoms with Gasteiger partial charge in [-0.1, -0.05) is 23.7 Å². The maximum Gasteiger partial charge on any atom is 0.260 e. The summed E-state index contributed by atoms with van der Waals surface area (Å²) < 4.78 is 10.4. The lowest BCUT2D eigenvalue weighted by Crippen LogP contribution is -2.38. The van der Waals surface area contributed by atoms with Gasteiger partial charge in [0.15, 0.2) is 6.10 Å². The molecule has 0 aromatic heterocycles. The van der Waals surface area contributed by atoms with Crippen molar-refractivity contribution in [2.45, 2.75) is 19.6 Å². The third-order valence-electron chi connectivity index (χ3n) is 2.54. The second-order valence-corrected chi connectivity index (χ2v) is 4.38. The predicted molar refractivity (Wildman–Crippen MR) is 74.3 cm³/mol. The highest BCUT2D eigenvalue weighted by Crippen LogP contribution is 2.29. The van der Waals surface area contributed by atoms with Crippen molar-refractivity contribution < 1.29 is 14.3 Å². The van der Waals surface area contributed by atoms with Gasteiger partial charge in [-0.15, -0.1) is 0 Å². The second-order valence-electron chi connectivity index (χ2n) is 3.98. The summed E-state index contributed by atoms with van der Waals surface area (Å²) in [5.74, 6) is 0.237. The quantitative estimate of drug-likeness (QED) is 0.742. The molecule has 1 aromatic carbocycles. The summed E-state index contributed by atoms with van der Waals surface area (Å²) in [6.45, 7) is 2.85. The van der Waals surface area contributed by atoms with Crippen molar-refractivity contribution in [3.8, 4) is 5.75 Å². The largest absolute Gasteiger partial charge is 0.479 e. The van der Waals surface area contributed by atoms with Crippen LogP contribution in [0, 0.1) is 0 Å². The average molecular weight is 287 g/mol. The molecule has 0 aliphatic rings. The zero-order valence-corrected chi connectivity index (χ0v) is 11.9. The molecule has 0 saturated heterocycles. The number of nitrogens with two attached hydrogens (primary N) is 1. The minimum Gasteiger partial charge on any atom is -0.479 e. The molecule has 0 heterocycles. The Morgan fingerprint density at radius 3 is 2.89 bits per heavy atom. The average Bonchev–Trinajstić information content (AvgIpc) is 2.41. The van der Waals surface area contributed by atoms with E-state index in [1.165, 1.54) is 0 Å². The standard InChI is InChI=1S/C13H19ClN2O3/c1-9(13(17)16-6-7-18-2)19-12-10(8-15)4-3-5-11(12)14/h3-5,9H,6-8,15H2,1-2H3,(H,16,17). The van der Waals surface area contributed by atoms with Crippen LogP contribution in [0.3, 0.4) is 0 Å². The number of benzene rings is 1. The molecule has 0 spiro atoms. The number of hydrogen-bond donors (Lipinski definition) is 2. The van der Waals surface area contributed by atoms with Crippen LogP contribution in [0.25, 0.3) is 0 Å². The first-order valence-electron chi connectivity index (χ1n) is 6.01. The van der Waals surface area contributed by atoms with Gasteiger partial charge in [0.1, 0.15) is 5.75 Å². The summed E-state index contributed by atoms with van der Waals surface area (Å²) in [6, 6.07) is 5.31. The summed E-state index contributed by atoms with van der Waals surface area (Å²) >= 11 is 6.05. The number of nitrogens with one attached hydrogen (secondary N) is 1. The number of carbonyl (C=O) groups excluding carboxylic acids is 1. The number of methoxy groups -OCH3 is 1.